The van der Waals surface area contributed by atoms with Gasteiger partial charge in [-0.3, -0.25) is 0 Å². The van der Waals surface area contributed by atoms with Crippen molar-refractivity contribution in [2.24, 2.45) is 4.99 Å². The van der Waals surface area contributed by atoms with Gasteiger partial charge in [0.1, 0.15) is 29.9 Å². The highest BCUT2D eigenvalue weighted by molar-refractivity contribution is 6.32. The first-order valence-corrected chi connectivity index (χ1v) is 11.9. The number of aliphatic carboxylic acids is 1. The summed E-state index contributed by atoms with van der Waals surface area (Å²) < 4.78 is 10.9. The molecule has 2 aromatic rings. The third-order valence-electron chi connectivity index (χ3n) is 6.57. The number of carboxylic acid groups (broad SMARTS) is 1. The summed E-state index contributed by atoms with van der Waals surface area (Å²) in [5, 5.41) is 43.1. The Morgan fingerprint density at radius 2 is 1.81 bits per heavy atom. The highest BCUT2D eigenvalue weighted by atomic mass is 35.5. The van der Waals surface area contributed by atoms with Crippen LogP contribution in [0, 0.1) is 0 Å². The first-order valence-electron chi connectivity index (χ1n) is 11.5. The Balaban J connectivity index is 1.48. The molecule has 0 spiro atoms. The number of nitrogens with zero attached hydrogens (tertiary/aromatic N) is 3. The van der Waals surface area contributed by atoms with Gasteiger partial charge in [-0.1, -0.05) is 23.7 Å². The van der Waals surface area contributed by atoms with Crippen LogP contribution in [0.3, 0.4) is 0 Å². The number of carbonyl (C=O) groups is 1. The van der Waals surface area contributed by atoms with E-state index in [-0.39, 0.29) is 10.8 Å². The predicted octanol–water partition coefficient (Wildman–Crippen LogP) is 0.994. The molecule has 0 radical (unpaired) electrons. The zero-order chi connectivity index (χ0) is 25.6. The van der Waals surface area contributed by atoms with E-state index >= 15 is 0 Å². The van der Waals surface area contributed by atoms with Gasteiger partial charge in [0.25, 0.3) is 0 Å². The number of carboxylic acids is 1. The number of halogens is 1. The van der Waals surface area contributed by atoms with Crippen molar-refractivity contribution in [1.29, 1.82) is 0 Å². The van der Waals surface area contributed by atoms with E-state index < -0.39 is 36.7 Å². The number of piperazine rings is 1. The van der Waals surface area contributed by atoms with Crippen molar-refractivity contribution in [3.63, 3.8) is 0 Å². The van der Waals surface area contributed by atoms with Gasteiger partial charge in [0, 0.05) is 43.5 Å². The number of anilines is 2. The van der Waals surface area contributed by atoms with Crippen LogP contribution in [0.4, 0.5) is 17.1 Å². The largest absolute Gasteiger partial charge is 0.479 e. The minimum atomic E-state index is -1.82. The van der Waals surface area contributed by atoms with E-state index in [1.54, 1.807) is 12.1 Å². The monoisotopic (exact) mass is 518 g/mol. The fourth-order valence-electron chi connectivity index (χ4n) is 4.47. The zero-order valence-corrected chi connectivity index (χ0v) is 20.2. The molecular formula is C24H27ClN4O7. The van der Waals surface area contributed by atoms with E-state index in [1.807, 2.05) is 24.3 Å². The number of aliphatic hydroxyl groups is 3. The maximum Gasteiger partial charge on any atom is 0.335 e. The van der Waals surface area contributed by atoms with E-state index in [1.165, 1.54) is 0 Å². The minimum absolute atomic E-state index is 0.0791. The molecule has 1 unspecified atom stereocenters. The first kappa shape index (κ1) is 24.8. The number of benzene rings is 2. The van der Waals surface area contributed by atoms with E-state index in [0.717, 1.165) is 43.3 Å². The maximum atomic E-state index is 11.4. The maximum absolute atomic E-state index is 11.4. The van der Waals surface area contributed by atoms with E-state index in [9.17, 15) is 25.2 Å². The predicted molar refractivity (Wildman–Crippen MR) is 131 cm³/mol. The van der Waals surface area contributed by atoms with Gasteiger partial charge in [0.05, 0.1) is 16.4 Å². The lowest BCUT2D eigenvalue weighted by Crippen LogP contribution is -2.61. The molecule has 5 rings (SSSR count). The molecule has 36 heavy (non-hydrogen) atoms. The molecular weight excluding hydrogens is 492 g/mol. The summed E-state index contributed by atoms with van der Waals surface area (Å²) in [4.78, 5) is 20.9. The molecule has 3 heterocycles. The molecule has 2 saturated heterocycles. The summed E-state index contributed by atoms with van der Waals surface area (Å²) in [7, 11) is 2.09. The number of hydrogen-bond donors (Lipinski definition) is 5. The Labute approximate surface area is 212 Å². The fourth-order valence-corrected chi connectivity index (χ4v) is 4.67. The lowest BCUT2D eigenvalue weighted by atomic mass is 9.99. The van der Waals surface area contributed by atoms with Crippen molar-refractivity contribution >= 4 is 40.5 Å². The highest BCUT2D eigenvalue weighted by Gasteiger charge is 2.48. The number of likely N-dealkylation sites (N-methyl/N-ethyl adjacent to an activating group) is 1. The van der Waals surface area contributed by atoms with Gasteiger partial charge in [0.2, 0.25) is 6.29 Å². The molecule has 0 aromatic heterocycles. The Kier molecular flexibility index (Phi) is 6.77. The standard InChI is InChI=1S/C24H27ClN4O7/c1-28-6-8-29(9-7-28)22-12-4-2-3-5-14(12)26-16-11-17(13(25)10-15(16)27-22)35-24-20(32)18(30)19(31)21(36-24)23(33)34/h2-5,10-11,18-21,24,26,30-32H,6-9H2,1H3,(H,33,34)/t18-,19-,20+,21-,24?/m0/s1. The quantitative estimate of drug-likeness (QED) is 0.398. The van der Waals surface area contributed by atoms with Crippen LogP contribution in [-0.2, 0) is 9.53 Å². The Bertz CT molecular complexity index is 1190. The normalized spacial score (nSPS) is 28.3. The summed E-state index contributed by atoms with van der Waals surface area (Å²) in [5.74, 6) is -0.600. The second-order valence-corrected chi connectivity index (χ2v) is 9.46. The first-order chi connectivity index (χ1) is 17.2. The van der Waals surface area contributed by atoms with Crippen LogP contribution in [0.15, 0.2) is 41.4 Å². The zero-order valence-electron chi connectivity index (χ0n) is 19.4. The molecule has 3 aliphatic heterocycles. The van der Waals surface area contributed by atoms with Crippen LogP contribution >= 0.6 is 11.6 Å². The van der Waals surface area contributed by atoms with E-state index in [2.05, 4.69) is 22.2 Å². The van der Waals surface area contributed by atoms with Crippen LogP contribution in [0.25, 0.3) is 0 Å². The Morgan fingerprint density at radius 3 is 2.53 bits per heavy atom. The Morgan fingerprint density at radius 1 is 1.08 bits per heavy atom. The number of rotatable bonds is 3. The number of para-hydroxylation sites is 1. The lowest BCUT2D eigenvalue weighted by Gasteiger charge is -2.38. The molecule has 3 aliphatic rings. The van der Waals surface area contributed by atoms with Crippen LogP contribution in [-0.4, -0.2) is 106 Å². The second kappa shape index (κ2) is 9.85. The third kappa shape index (κ3) is 4.61. The number of hydrogen-bond acceptors (Lipinski definition) is 10. The number of amidine groups is 1. The molecule has 5 N–H and O–H groups in total. The fraction of sp³-hybridized carbons (Fsp3) is 0.417. The minimum Gasteiger partial charge on any atom is -0.479 e. The van der Waals surface area contributed by atoms with Crippen LogP contribution in [0.2, 0.25) is 5.02 Å². The average molecular weight is 519 g/mol. The number of ether oxygens (including phenoxy) is 2. The van der Waals surface area contributed by atoms with Crippen molar-refractivity contribution in [1.82, 2.24) is 9.80 Å². The van der Waals surface area contributed by atoms with Crippen molar-refractivity contribution in [3.05, 3.63) is 47.0 Å². The summed E-state index contributed by atoms with van der Waals surface area (Å²) in [6, 6.07) is 11.0. The van der Waals surface area contributed by atoms with E-state index in [0.29, 0.717) is 11.4 Å². The SMILES string of the molecule is CN1CCN(C2=Nc3cc(Cl)c(OC4O[C@H](C(=O)O)[C@@H](O)[C@H](O)[C@H]4O)cc3Nc3ccccc32)CC1. The topological polar surface area (TPSA) is 147 Å². The second-order valence-electron chi connectivity index (χ2n) is 9.05. The van der Waals surface area contributed by atoms with Gasteiger partial charge in [-0.25, -0.2) is 9.79 Å². The van der Waals surface area contributed by atoms with Crippen LogP contribution < -0.4 is 10.1 Å². The van der Waals surface area contributed by atoms with Crippen molar-refractivity contribution in [2.75, 3.05) is 38.5 Å². The third-order valence-corrected chi connectivity index (χ3v) is 6.87. The summed E-state index contributed by atoms with van der Waals surface area (Å²) in [6.07, 6.45) is -8.68. The molecule has 5 atom stereocenters. The summed E-state index contributed by atoms with van der Waals surface area (Å²) in [6.45, 7) is 3.47. The average Bonchev–Trinajstić information content (AvgIpc) is 3.01. The highest BCUT2D eigenvalue weighted by Crippen LogP contribution is 2.42. The number of fused-ring (bicyclic) bond motifs is 2. The van der Waals surface area contributed by atoms with Gasteiger partial charge in [0.15, 0.2) is 6.10 Å². The van der Waals surface area contributed by atoms with Gasteiger partial charge in [-0.05, 0) is 25.2 Å². The van der Waals surface area contributed by atoms with Crippen molar-refractivity contribution < 1.29 is 34.7 Å². The summed E-state index contributed by atoms with van der Waals surface area (Å²) in [5.41, 5.74) is 2.91. The number of nitrogens with one attached hydrogen (secondary N) is 1. The Hall–Kier alpha value is -2.93. The van der Waals surface area contributed by atoms with Gasteiger partial charge in [-0.15, -0.1) is 0 Å². The molecule has 2 aromatic carbocycles. The molecule has 12 heteroatoms. The van der Waals surface area contributed by atoms with Crippen molar-refractivity contribution in [2.45, 2.75) is 30.7 Å². The lowest BCUT2D eigenvalue weighted by molar-refractivity contribution is -0.271. The molecule has 192 valence electrons. The van der Waals surface area contributed by atoms with E-state index in [4.69, 9.17) is 26.1 Å². The number of aliphatic imine (C=N–C) groups is 1. The van der Waals surface area contributed by atoms with Crippen LogP contribution in [0.5, 0.6) is 5.75 Å². The van der Waals surface area contributed by atoms with Gasteiger partial charge < -0.3 is 45.0 Å². The summed E-state index contributed by atoms with van der Waals surface area (Å²) >= 11 is 6.50. The molecule has 0 saturated carbocycles. The molecule has 2 fully saturated rings. The smallest absolute Gasteiger partial charge is 0.335 e. The van der Waals surface area contributed by atoms with Crippen molar-refractivity contribution in [3.8, 4) is 5.75 Å². The van der Waals surface area contributed by atoms with Gasteiger partial charge >= 0.3 is 5.97 Å². The molecule has 0 bridgehead atoms. The molecule has 0 aliphatic carbocycles. The van der Waals surface area contributed by atoms with Gasteiger partial charge in [-0.2, -0.15) is 0 Å². The molecule has 0 amide bonds. The number of aliphatic hydroxyl groups excluding tert-OH is 3. The molecule has 11 nitrogen and oxygen atoms in total. The van der Waals surface area contributed by atoms with Crippen LogP contribution in [0.1, 0.15) is 5.56 Å².